The standard InChI is InChI=1S/C11H19NS/c1-3-11(12,4-2)8-7-10-6-5-9-13-10/h5-6,9H,3-4,7-8,12H2,1-2H3. The smallest absolute Gasteiger partial charge is 0.0152 e. The molecule has 0 unspecified atom stereocenters. The molecule has 0 atom stereocenters. The van der Waals surface area contributed by atoms with E-state index < -0.39 is 0 Å². The molecule has 1 rings (SSSR count). The van der Waals surface area contributed by atoms with Crippen molar-refractivity contribution in [1.29, 1.82) is 0 Å². The van der Waals surface area contributed by atoms with E-state index in [0.717, 1.165) is 25.7 Å². The highest BCUT2D eigenvalue weighted by Crippen LogP contribution is 2.20. The summed E-state index contributed by atoms with van der Waals surface area (Å²) in [5.74, 6) is 0. The summed E-state index contributed by atoms with van der Waals surface area (Å²) in [6.45, 7) is 4.36. The van der Waals surface area contributed by atoms with Gasteiger partial charge in [-0.15, -0.1) is 11.3 Å². The Kier molecular flexibility index (Phi) is 3.94. The van der Waals surface area contributed by atoms with E-state index in [4.69, 9.17) is 5.73 Å². The van der Waals surface area contributed by atoms with E-state index in [1.54, 1.807) is 0 Å². The molecule has 1 nitrogen and oxygen atoms in total. The van der Waals surface area contributed by atoms with Crippen molar-refractivity contribution in [2.45, 2.75) is 45.1 Å². The summed E-state index contributed by atoms with van der Waals surface area (Å²) in [6.07, 6.45) is 4.40. The van der Waals surface area contributed by atoms with Crippen molar-refractivity contribution in [2.24, 2.45) is 5.73 Å². The van der Waals surface area contributed by atoms with Crippen molar-refractivity contribution in [3.05, 3.63) is 22.4 Å². The Balaban J connectivity index is 2.41. The first kappa shape index (κ1) is 10.7. The average molecular weight is 197 g/mol. The molecule has 0 saturated carbocycles. The van der Waals surface area contributed by atoms with Crippen LogP contribution in [0, 0.1) is 0 Å². The van der Waals surface area contributed by atoms with E-state index >= 15 is 0 Å². The van der Waals surface area contributed by atoms with Crippen molar-refractivity contribution in [2.75, 3.05) is 0 Å². The van der Waals surface area contributed by atoms with Gasteiger partial charge in [-0.3, -0.25) is 0 Å². The highest BCUT2D eigenvalue weighted by Gasteiger charge is 2.19. The van der Waals surface area contributed by atoms with Crippen LogP contribution >= 0.6 is 11.3 Å². The predicted octanol–water partition coefficient (Wildman–Crippen LogP) is 3.20. The normalized spacial score (nSPS) is 11.9. The van der Waals surface area contributed by atoms with E-state index in [9.17, 15) is 0 Å². The molecule has 0 spiro atoms. The van der Waals surface area contributed by atoms with Gasteiger partial charge in [0.25, 0.3) is 0 Å². The lowest BCUT2D eigenvalue weighted by Crippen LogP contribution is -2.38. The second-order valence-electron chi connectivity index (χ2n) is 3.65. The van der Waals surface area contributed by atoms with E-state index in [-0.39, 0.29) is 5.54 Å². The van der Waals surface area contributed by atoms with Crippen molar-refractivity contribution >= 4 is 11.3 Å². The molecular weight excluding hydrogens is 178 g/mol. The van der Waals surface area contributed by atoms with Crippen molar-refractivity contribution in [1.82, 2.24) is 0 Å². The molecule has 0 fully saturated rings. The van der Waals surface area contributed by atoms with Crippen LogP contribution in [-0.4, -0.2) is 5.54 Å². The van der Waals surface area contributed by atoms with Gasteiger partial charge in [0.05, 0.1) is 0 Å². The quantitative estimate of drug-likeness (QED) is 0.770. The van der Waals surface area contributed by atoms with Gasteiger partial charge in [-0.2, -0.15) is 0 Å². The summed E-state index contributed by atoms with van der Waals surface area (Å²) in [7, 11) is 0. The molecule has 0 aliphatic carbocycles. The van der Waals surface area contributed by atoms with Gasteiger partial charge in [0.2, 0.25) is 0 Å². The van der Waals surface area contributed by atoms with Crippen LogP contribution in [0.2, 0.25) is 0 Å². The first-order valence-corrected chi connectivity index (χ1v) is 5.89. The molecule has 1 aromatic heterocycles. The maximum Gasteiger partial charge on any atom is 0.0152 e. The fourth-order valence-electron chi connectivity index (χ4n) is 1.43. The lowest BCUT2D eigenvalue weighted by molar-refractivity contribution is 0.368. The number of nitrogens with two attached hydrogens (primary N) is 1. The molecule has 0 bridgehead atoms. The summed E-state index contributed by atoms with van der Waals surface area (Å²) in [5.41, 5.74) is 6.28. The molecule has 0 aliphatic heterocycles. The maximum absolute atomic E-state index is 6.22. The van der Waals surface area contributed by atoms with Gasteiger partial charge in [0.1, 0.15) is 0 Å². The maximum atomic E-state index is 6.22. The highest BCUT2D eigenvalue weighted by atomic mass is 32.1. The number of aryl methyl sites for hydroxylation is 1. The average Bonchev–Trinajstić information content (AvgIpc) is 2.67. The summed E-state index contributed by atoms with van der Waals surface area (Å²) in [6, 6.07) is 4.30. The van der Waals surface area contributed by atoms with E-state index in [1.165, 1.54) is 4.88 Å². The van der Waals surface area contributed by atoms with Crippen molar-refractivity contribution in [3.8, 4) is 0 Å². The van der Waals surface area contributed by atoms with Gasteiger partial charge >= 0.3 is 0 Å². The van der Waals surface area contributed by atoms with Gasteiger partial charge in [-0.05, 0) is 37.1 Å². The van der Waals surface area contributed by atoms with E-state index in [0.29, 0.717) is 0 Å². The van der Waals surface area contributed by atoms with Crippen LogP contribution in [0.5, 0.6) is 0 Å². The van der Waals surface area contributed by atoms with Crippen LogP contribution in [0.4, 0.5) is 0 Å². The van der Waals surface area contributed by atoms with Crippen LogP contribution in [0.1, 0.15) is 38.0 Å². The molecule has 13 heavy (non-hydrogen) atoms. The zero-order valence-electron chi connectivity index (χ0n) is 8.55. The minimum absolute atomic E-state index is 0.0595. The third kappa shape index (κ3) is 3.12. The predicted molar refractivity (Wildman–Crippen MR) is 60.1 cm³/mol. The van der Waals surface area contributed by atoms with Gasteiger partial charge in [0, 0.05) is 10.4 Å². The Bertz CT molecular complexity index is 224. The Morgan fingerprint density at radius 2 is 2.08 bits per heavy atom. The molecule has 0 aromatic carbocycles. The minimum atomic E-state index is 0.0595. The number of rotatable bonds is 5. The lowest BCUT2D eigenvalue weighted by atomic mass is 9.89. The Hall–Kier alpha value is -0.340. The van der Waals surface area contributed by atoms with Gasteiger partial charge in [-0.1, -0.05) is 19.9 Å². The monoisotopic (exact) mass is 197 g/mol. The van der Waals surface area contributed by atoms with Crippen LogP contribution in [0.25, 0.3) is 0 Å². The molecule has 0 aliphatic rings. The molecule has 0 amide bonds. The zero-order valence-corrected chi connectivity index (χ0v) is 9.36. The molecule has 1 heterocycles. The van der Waals surface area contributed by atoms with E-state index in [2.05, 4.69) is 31.4 Å². The second-order valence-corrected chi connectivity index (χ2v) is 4.68. The number of thiophene rings is 1. The fraction of sp³-hybridized carbons (Fsp3) is 0.636. The summed E-state index contributed by atoms with van der Waals surface area (Å²) >= 11 is 1.83. The summed E-state index contributed by atoms with van der Waals surface area (Å²) in [5, 5.41) is 2.13. The Morgan fingerprint density at radius 3 is 2.54 bits per heavy atom. The summed E-state index contributed by atoms with van der Waals surface area (Å²) in [4.78, 5) is 1.46. The van der Waals surface area contributed by atoms with Gasteiger partial charge in [-0.25, -0.2) is 0 Å². The van der Waals surface area contributed by atoms with Crippen LogP contribution in [0.15, 0.2) is 17.5 Å². The Labute approximate surface area is 85.0 Å². The Morgan fingerprint density at radius 1 is 1.38 bits per heavy atom. The zero-order chi connectivity index (χ0) is 9.73. The van der Waals surface area contributed by atoms with Gasteiger partial charge < -0.3 is 5.73 Å². The number of hydrogen-bond acceptors (Lipinski definition) is 2. The van der Waals surface area contributed by atoms with E-state index in [1.807, 2.05) is 11.3 Å². The first-order valence-electron chi connectivity index (χ1n) is 5.01. The minimum Gasteiger partial charge on any atom is -0.325 e. The fourth-order valence-corrected chi connectivity index (χ4v) is 2.14. The van der Waals surface area contributed by atoms with Gasteiger partial charge in [0.15, 0.2) is 0 Å². The first-order chi connectivity index (χ1) is 6.20. The third-order valence-corrected chi connectivity index (χ3v) is 3.79. The van der Waals surface area contributed by atoms with Crippen LogP contribution in [-0.2, 0) is 6.42 Å². The topological polar surface area (TPSA) is 26.0 Å². The van der Waals surface area contributed by atoms with Crippen LogP contribution in [0.3, 0.4) is 0 Å². The highest BCUT2D eigenvalue weighted by molar-refractivity contribution is 7.09. The third-order valence-electron chi connectivity index (χ3n) is 2.86. The second kappa shape index (κ2) is 4.77. The number of hydrogen-bond donors (Lipinski definition) is 1. The largest absolute Gasteiger partial charge is 0.325 e. The SMILES string of the molecule is CCC(N)(CC)CCc1cccs1. The summed E-state index contributed by atoms with van der Waals surface area (Å²) < 4.78 is 0. The molecule has 1 aromatic rings. The molecule has 0 radical (unpaired) electrons. The van der Waals surface area contributed by atoms with Crippen molar-refractivity contribution in [3.63, 3.8) is 0 Å². The molecular formula is C11H19NS. The molecule has 0 saturated heterocycles. The lowest BCUT2D eigenvalue weighted by Gasteiger charge is -2.26. The molecule has 2 N–H and O–H groups in total. The van der Waals surface area contributed by atoms with Crippen LogP contribution < -0.4 is 5.73 Å². The van der Waals surface area contributed by atoms with Crippen molar-refractivity contribution < 1.29 is 0 Å². The molecule has 74 valence electrons. The molecule has 2 heteroatoms.